The Morgan fingerprint density at radius 1 is 1.00 bits per heavy atom. The number of nitriles is 1. The van der Waals surface area contributed by atoms with E-state index < -0.39 is 5.82 Å². The van der Waals surface area contributed by atoms with Crippen LogP contribution >= 0.6 is 0 Å². The van der Waals surface area contributed by atoms with Crippen LogP contribution in [0.25, 0.3) is 11.1 Å². The molecule has 0 atom stereocenters. The molecular formula is C22H19FN2O. The largest absolute Gasteiger partial charge is 0.494 e. The maximum Gasteiger partial charge on any atom is 0.141 e. The molecule has 0 amide bonds. The number of rotatable bonds is 7. The molecule has 3 rings (SSSR count). The first kappa shape index (κ1) is 17.6. The summed E-state index contributed by atoms with van der Waals surface area (Å²) in [6.45, 7) is 0.658. The van der Waals surface area contributed by atoms with Gasteiger partial charge in [-0.1, -0.05) is 24.3 Å². The lowest BCUT2D eigenvalue weighted by Gasteiger charge is -2.08. The SMILES string of the molecule is N#Cc1ccc(-c2ccc(OCCCCc3cccnc3)cc2)cc1F. The van der Waals surface area contributed by atoms with Gasteiger partial charge in [0.05, 0.1) is 12.2 Å². The van der Waals surface area contributed by atoms with E-state index in [0.717, 1.165) is 36.1 Å². The summed E-state index contributed by atoms with van der Waals surface area (Å²) in [6, 6.07) is 18.0. The molecule has 0 aliphatic rings. The van der Waals surface area contributed by atoms with E-state index in [9.17, 15) is 4.39 Å². The van der Waals surface area contributed by atoms with Gasteiger partial charge in [-0.3, -0.25) is 4.98 Å². The van der Waals surface area contributed by atoms with Crippen LogP contribution < -0.4 is 4.74 Å². The molecule has 130 valence electrons. The number of benzene rings is 2. The molecule has 4 heteroatoms. The van der Waals surface area contributed by atoms with Gasteiger partial charge in [0.2, 0.25) is 0 Å². The molecule has 0 aliphatic carbocycles. The molecule has 0 saturated carbocycles. The van der Waals surface area contributed by atoms with Crippen molar-refractivity contribution in [3.05, 3.63) is 83.9 Å². The van der Waals surface area contributed by atoms with Crippen LogP contribution in [0.4, 0.5) is 4.39 Å². The average Bonchev–Trinajstić information content (AvgIpc) is 2.69. The molecule has 0 unspecified atom stereocenters. The molecule has 3 nitrogen and oxygen atoms in total. The maximum absolute atomic E-state index is 13.7. The number of pyridine rings is 1. The van der Waals surface area contributed by atoms with E-state index >= 15 is 0 Å². The van der Waals surface area contributed by atoms with E-state index in [-0.39, 0.29) is 5.56 Å². The summed E-state index contributed by atoms with van der Waals surface area (Å²) in [6.07, 6.45) is 6.69. The fraction of sp³-hybridized carbons (Fsp3) is 0.182. The minimum atomic E-state index is -0.501. The van der Waals surface area contributed by atoms with E-state index in [0.29, 0.717) is 6.61 Å². The fourth-order valence-corrected chi connectivity index (χ4v) is 2.70. The molecule has 0 bridgehead atoms. The number of unbranched alkanes of at least 4 members (excludes halogenated alkanes) is 1. The summed E-state index contributed by atoms with van der Waals surface area (Å²) in [4.78, 5) is 4.11. The smallest absolute Gasteiger partial charge is 0.141 e. The lowest BCUT2D eigenvalue weighted by molar-refractivity contribution is 0.307. The summed E-state index contributed by atoms with van der Waals surface area (Å²) >= 11 is 0. The summed E-state index contributed by atoms with van der Waals surface area (Å²) in [5.41, 5.74) is 2.92. The average molecular weight is 346 g/mol. The van der Waals surface area contributed by atoms with Crippen LogP contribution in [-0.2, 0) is 6.42 Å². The minimum Gasteiger partial charge on any atom is -0.494 e. The highest BCUT2D eigenvalue weighted by Gasteiger charge is 2.05. The number of halogens is 1. The highest BCUT2D eigenvalue weighted by atomic mass is 19.1. The van der Waals surface area contributed by atoms with Gasteiger partial charge in [-0.25, -0.2) is 4.39 Å². The first-order chi connectivity index (χ1) is 12.8. The molecule has 3 aromatic rings. The topological polar surface area (TPSA) is 45.9 Å². The normalized spacial score (nSPS) is 10.3. The highest BCUT2D eigenvalue weighted by molar-refractivity contribution is 5.65. The van der Waals surface area contributed by atoms with Crippen molar-refractivity contribution in [2.45, 2.75) is 19.3 Å². The van der Waals surface area contributed by atoms with Crippen LogP contribution in [0.2, 0.25) is 0 Å². The fourth-order valence-electron chi connectivity index (χ4n) is 2.70. The summed E-state index contributed by atoms with van der Waals surface area (Å²) in [5, 5.41) is 8.79. The van der Waals surface area contributed by atoms with E-state index in [1.54, 1.807) is 12.3 Å². The van der Waals surface area contributed by atoms with Gasteiger partial charge in [-0.2, -0.15) is 5.26 Å². The van der Waals surface area contributed by atoms with Crippen LogP contribution in [0.5, 0.6) is 5.75 Å². The van der Waals surface area contributed by atoms with E-state index in [1.807, 2.05) is 42.6 Å². The number of hydrogen-bond donors (Lipinski definition) is 0. The molecular weight excluding hydrogens is 327 g/mol. The molecule has 26 heavy (non-hydrogen) atoms. The summed E-state index contributed by atoms with van der Waals surface area (Å²) in [5.74, 6) is 0.295. The number of ether oxygens (including phenoxy) is 1. The van der Waals surface area contributed by atoms with Gasteiger partial charge in [0, 0.05) is 12.4 Å². The van der Waals surface area contributed by atoms with Crippen LogP contribution in [0.1, 0.15) is 24.0 Å². The maximum atomic E-state index is 13.7. The highest BCUT2D eigenvalue weighted by Crippen LogP contribution is 2.24. The Kier molecular flexibility index (Phi) is 5.95. The summed E-state index contributed by atoms with van der Waals surface area (Å²) in [7, 11) is 0. The molecule has 0 aliphatic heterocycles. The third-order valence-corrected chi connectivity index (χ3v) is 4.13. The standard InChI is InChI=1S/C22H19FN2O/c23-22-14-19(6-7-20(22)15-24)18-8-10-21(11-9-18)26-13-2-1-4-17-5-3-12-25-16-17/h3,5-12,14,16H,1-2,4,13H2. The molecule has 1 heterocycles. The third kappa shape index (κ3) is 4.67. The lowest BCUT2D eigenvalue weighted by atomic mass is 10.0. The molecule has 0 spiro atoms. The Hall–Kier alpha value is -3.19. The molecule has 1 aromatic heterocycles. The Balaban J connectivity index is 1.49. The predicted octanol–water partition coefficient (Wildman–Crippen LogP) is 5.16. The number of hydrogen-bond acceptors (Lipinski definition) is 3. The second-order valence-corrected chi connectivity index (χ2v) is 6.00. The van der Waals surface area contributed by atoms with Crippen molar-refractivity contribution in [2.24, 2.45) is 0 Å². The van der Waals surface area contributed by atoms with Crippen molar-refractivity contribution >= 4 is 0 Å². The van der Waals surface area contributed by atoms with E-state index in [2.05, 4.69) is 11.1 Å². The van der Waals surface area contributed by atoms with Gasteiger partial charge in [0.25, 0.3) is 0 Å². The van der Waals surface area contributed by atoms with Crippen molar-refractivity contribution < 1.29 is 9.13 Å². The van der Waals surface area contributed by atoms with Crippen molar-refractivity contribution in [1.82, 2.24) is 4.98 Å². The van der Waals surface area contributed by atoms with Crippen LogP contribution in [0, 0.1) is 17.1 Å². The van der Waals surface area contributed by atoms with Crippen LogP contribution in [0.15, 0.2) is 67.0 Å². The molecule has 2 aromatic carbocycles. The Labute approximate surface area is 152 Å². The van der Waals surface area contributed by atoms with Gasteiger partial charge in [0.15, 0.2) is 0 Å². The second-order valence-electron chi connectivity index (χ2n) is 6.00. The Morgan fingerprint density at radius 3 is 2.50 bits per heavy atom. The quantitative estimate of drug-likeness (QED) is 0.555. The zero-order valence-electron chi connectivity index (χ0n) is 14.4. The predicted molar refractivity (Wildman–Crippen MR) is 99.2 cm³/mol. The molecule has 0 fully saturated rings. The van der Waals surface area contributed by atoms with Crippen molar-refractivity contribution in [1.29, 1.82) is 5.26 Å². The van der Waals surface area contributed by atoms with Crippen LogP contribution in [0.3, 0.4) is 0 Å². The zero-order chi connectivity index (χ0) is 18.2. The van der Waals surface area contributed by atoms with E-state index in [4.69, 9.17) is 10.00 Å². The van der Waals surface area contributed by atoms with Gasteiger partial charge >= 0.3 is 0 Å². The molecule has 0 radical (unpaired) electrons. The van der Waals surface area contributed by atoms with Gasteiger partial charge in [-0.15, -0.1) is 0 Å². The number of nitrogens with zero attached hydrogens (tertiary/aromatic N) is 2. The van der Waals surface area contributed by atoms with Crippen molar-refractivity contribution in [3.63, 3.8) is 0 Å². The van der Waals surface area contributed by atoms with Crippen LogP contribution in [-0.4, -0.2) is 11.6 Å². The summed E-state index contributed by atoms with van der Waals surface area (Å²) < 4.78 is 19.5. The zero-order valence-corrected chi connectivity index (χ0v) is 14.4. The second kappa shape index (κ2) is 8.77. The lowest BCUT2D eigenvalue weighted by Crippen LogP contribution is -1.98. The molecule has 0 saturated heterocycles. The third-order valence-electron chi connectivity index (χ3n) is 4.13. The van der Waals surface area contributed by atoms with E-state index in [1.165, 1.54) is 17.7 Å². The number of aromatic nitrogens is 1. The van der Waals surface area contributed by atoms with Gasteiger partial charge in [-0.05, 0) is 66.3 Å². The first-order valence-corrected chi connectivity index (χ1v) is 8.58. The van der Waals surface area contributed by atoms with Gasteiger partial charge < -0.3 is 4.74 Å². The molecule has 0 N–H and O–H groups in total. The minimum absolute atomic E-state index is 0.0555. The Morgan fingerprint density at radius 2 is 1.81 bits per heavy atom. The van der Waals surface area contributed by atoms with Crippen molar-refractivity contribution in [2.75, 3.05) is 6.61 Å². The van der Waals surface area contributed by atoms with Crippen molar-refractivity contribution in [3.8, 4) is 22.9 Å². The van der Waals surface area contributed by atoms with Gasteiger partial charge in [0.1, 0.15) is 17.6 Å². The number of aryl methyl sites for hydroxylation is 1. The Bertz CT molecular complexity index is 886. The monoisotopic (exact) mass is 346 g/mol. The first-order valence-electron chi connectivity index (χ1n) is 8.58.